The molecule has 0 radical (unpaired) electrons. The van der Waals surface area contributed by atoms with E-state index in [1.165, 1.54) is 23.9 Å². The highest BCUT2D eigenvalue weighted by atomic mass is 32.2. The molecule has 2 N–H and O–H groups in total. The number of ether oxygens (including phenoxy) is 1. The van der Waals surface area contributed by atoms with Crippen molar-refractivity contribution in [3.05, 3.63) is 101 Å². The number of benzene rings is 2. The molecule has 1 fully saturated rings. The summed E-state index contributed by atoms with van der Waals surface area (Å²) in [5, 5.41) is 4.02. The van der Waals surface area contributed by atoms with E-state index in [0.29, 0.717) is 16.5 Å². The first-order valence-corrected chi connectivity index (χ1v) is 15.2. The zero-order valence-electron chi connectivity index (χ0n) is 23.4. The molecule has 5 rings (SSSR count). The van der Waals surface area contributed by atoms with Crippen molar-refractivity contribution in [1.82, 2.24) is 14.9 Å². The molecule has 4 aromatic rings. The second-order valence-electron chi connectivity index (χ2n) is 10.2. The van der Waals surface area contributed by atoms with Crippen LogP contribution in [0.25, 0.3) is 5.69 Å². The van der Waals surface area contributed by atoms with E-state index < -0.39 is 10.0 Å². The zero-order chi connectivity index (χ0) is 28.8. The third-order valence-electron chi connectivity index (χ3n) is 7.31. The second kappa shape index (κ2) is 10.6. The number of para-hydroxylation sites is 1. The highest BCUT2D eigenvalue weighted by Gasteiger charge is 2.42. The highest BCUT2D eigenvalue weighted by molar-refractivity contribution is 7.92. The van der Waals surface area contributed by atoms with Crippen LogP contribution in [0.1, 0.15) is 45.9 Å². The number of methoxy groups -OCH3 is 1. The van der Waals surface area contributed by atoms with Crippen LogP contribution in [0.4, 0.5) is 11.4 Å². The first-order valence-electron chi connectivity index (χ1n) is 12.9. The van der Waals surface area contributed by atoms with E-state index in [-0.39, 0.29) is 12.1 Å². The molecule has 1 saturated heterocycles. The Bertz CT molecular complexity index is 1680. The van der Waals surface area contributed by atoms with Gasteiger partial charge in [0, 0.05) is 23.3 Å². The predicted octanol–water partition coefficient (Wildman–Crippen LogP) is 5.66. The van der Waals surface area contributed by atoms with Gasteiger partial charge in [-0.15, -0.1) is 0 Å². The van der Waals surface area contributed by atoms with Gasteiger partial charge in [-0.25, -0.2) is 8.42 Å². The summed E-state index contributed by atoms with van der Waals surface area (Å²) in [5.74, 6) is 0.415. The minimum absolute atomic E-state index is 0.242. The number of rotatable bonds is 7. The quantitative estimate of drug-likeness (QED) is 0.275. The van der Waals surface area contributed by atoms with E-state index in [1.807, 2.05) is 29.2 Å². The van der Waals surface area contributed by atoms with Gasteiger partial charge in [0.25, 0.3) is 0 Å². The van der Waals surface area contributed by atoms with Crippen molar-refractivity contribution < 1.29 is 13.2 Å². The van der Waals surface area contributed by atoms with Crippen molar-refractivity contribution in [3.63, 3.8) is 0 Å². The maximum Gasteiger partial charge on any atom is 0.229 e. The minimum Gasteiger partial charge on any atom is -0.495 e. The molecule has 2 atom stereocenters. The lowest BCUT2D eigenvalue weighted by Gasteiger charge is -2.29. The van der Waals surface area contributed by atoms with Crippen LogP contribution in [-0.4, -0.2) is 36.4 Å². The maximum atomic E-state index is 12.1. The third kappa shape index (κ3) is 5.04. The topological polar surface area (TPSA) is 88.5 Å². The van der Waals surface area contributed by atoms with Crippen molar-refractivity contribution in [2.24, 2.45) is 0 Å². The van der Waals surface area contributed by atoms with E-state index in [9.17, 15) is 8.42 Å². The van der Waals surface area contributed by atoms with Crippen LogP contribution in [0.2, 0.25) is 0 Å². The molecule has 0 unspecified atom stereocenters. The van der Waals surface area contributed by atoms with Gasteiger partial charge in [-0.3, -0.25) is 9.71 Å². The fourth-order valence-electron chi connectivity index (χ4n) is 5.66. The van der Waals surface area contributed by atoms with Gasteiger partial charge in [-0.05, 0) is 93.0 Å². The Kier molecular flexibility index (Phi) is 7.32. The number of aromatic nitrogens is 2. The summed E-state index contributed by atoms with van der Waals surface area (Å²) in [7, 11) is -2.03. The molecule has 0 amide bonds. The Hall–Kier alpha value is -3.89. The first kappa shape index (κ1) is 27.7. The van der Waals surface area contributed by atoms with E-state index >= 15 is 0 Å². The number of hydrogen-bond acceptors (Lipinski definition) is 5. The van der Waals surface area contributed by atoms with Crippen LogP contribution in [0.3, 0.4) is 0 Å². The number of thiocarbonyl (C=S) groups is 1. The molecule has 0 aliphatic carbocycles. The van der Waals surface area contributed by atoms with Crippen molar-refractivity contribution in [2.45, 2.75) is 39.8 Å². The van der Waals surface area contributed by atoms with Gasteiger partial charge in [-0.2, -0.15) is 0 Å². The SMILES string of the molecule is COc1ccc(N2C(=S)N[C@H](c3ccccn3)[C@H]2c2cc(C)n(-c3c(C)cccc3C)c2C)cc1NS(C)(=O)=O. The molecule has 3 heterocycles. The molecule has 8 nitrogen and oxygen atoms in total. The molecule has 0 spiro atoms. The zero-order valence-corrected chi connectivity index (χ0v) is 25.0. The molecule has 40 heavy (non-hydrogen) atoms. The lowest BCUT2D eigenvalue weighted by atomic mass is 9.96. The Balaban J connectivity index is 1.71. The Morgan fingerprint density at radius 1 is 1.00 bits per heavy atom. The number of pyridine rings is 1. The van der Waals surface area contributed by atoms with E-state index in [1.54, 1.807) is 18.3 Å². The lowest BCUT2D eigenvalue weighted by molar-refractivity contribution is 0.417. The lowest BCUT2D eigenvalue weighted by Crippen LogP contribution is -2.29. The number of sulfonamides is 1. The Morgan fingerprint density at radius 3 is 2.35 bits per heavy atom. The van der Waals surface area contributed by atoms with Crippen molar-refractivity contribution in [1.29, 1.82) is 0 Å². The van der Waals surface area contributed by atoms with Gasteiger partial charge in [0.1, 0.15) is 5.75 Å². The van der Waals surface area contributed by atoms with E-state index in [4.69, 9.17) is 17.0 Å². The van der Waals surface area contributed by atoms with Gasteiger partial charge < -0.3 is 19.5 Å². The first-order chi connectivity index (χ1) is 19.0. The highest BCUT2D eigenvalue weighted by Crippen LogP contribution is 2.45. The molecule has 2 aromatic heterocycles. The van der Waals surface area contributed by atoms with Crippen molar-refractivity contribution in [3.8, 4) is 11.4 Å². The molecule has 208 valence electrons. The number of nitrogens with zero attached hydrogens (tertiary/aromatic N) is 3. The number of hydrogen-bond donors (Lipinski definition) is 2. The van der Waals surface area contributed by atoms with Crippen LogP contribution < -0.4 is 19.7 Å². The number of nitrogens with one attached hydrogen (secondary N) is 2. The summed E-state index contributed by atoms with van der Waals surface area (Å²) < 4.78 is 34.6. The van der Waals surface area contributed by atoms with Gasteiger partial charge >= 0.3 is 0 Å². The summed E-state index contributed by atoms with van der Waals surface area (Å²) in [6, 6.07) is 19.3. The van der Waals surface area contributed by atoms with E-state index in [0.717, 1.165) is 34.6 Å². The molecular formula is C30H33N5O3S2. The normalized spacial score (nSPS) is 17.1. The molecule has 2 aromatic carbocycles. The van der Waals surface area contributed by atoms with Crippen LogP contribution in [0.15, 0.2) is 66.9 Å². The largest absolute Gasteiger partial charge is 0.495 e. The van der Waals surface area contributed by atoms with Crippen LogP contribution >= 0.6 is 12.2 Å². The standard InChI is InChI=1S/C30H33N5O3S2/c1-18-10-9-11-19(2)28(18)34-20(3)16-23(21(34)4)29-27(24-12-7-8-15-31-24)32-30(39)35(29)22-13-14-26(38-5)25(17-22)33-40(6,36)37/h7-17,27,29,33H,1-6H3,(H,32,39)/t27-,29-/m1/s1. The number of aryl methyl sites for hydroxylation is 3. The van der Waals surface area contributed by atoms with E-state index in [2.05, 4.69) is 71.6 Å². The Labute approximate surface area is 241 Å². The average molecular weight is 576 g/mol. The summed E-state index contributed by atoms with van der Waals surface area (Å²) in [4.78, 5) is 6.71. The van der Waals surface area contributed by atoms with Crippen molar-refractivity contribution in [2.75, 3.05) is 23.0 Å². The fraction of sp³-hybridized carbons (Fsp3) is 0.267. The molecular weight excluding hydrogens is 542 g/mol. The van der Waals surface area contributed by atoms with Crippen molar-refractivity contribution >= 4 is 38.7 Å². The molecule has 0 saturated carbocycles. The molecule has 0 bridgehead atoms. The Morgan fingerprint density at radius 2 is 1.73 bits per heavy atom. The van der Waals surface area contributed by atoms with Gasteiger partial charge in [-0.1, -0.05) is 24.3 Å². The summed E-state index contributed by atoms with van der Waals surface area (Å²) in [5.41, 5.74) is 8.78. The smallest absolute Gasteiger partial charge is 0.229 e. The summed E-state index contributed by atoms with van der Waals surface area (Å²) >= 11 is 5.92. The molecule has 1 aliphatic heterocycles. The monoisotopic (exact) mass is 575 g/mol. The summed E-state index contributed by atoms with van der Waals surface area (Å²) in [6.07, 6.45) is 2.89. The molecule has 1 aliphatic rings. The second-order valence-corrected chi connectivity index (χ2v) is 12.3. The van der Waals surface area contributed by atoms with Gasteiger partial charge in [0.15, 0.2) is 5.11 Å². The van der Waals surface area contributed by atoms with Crippen LogP contribution in [0.5, 0.6) is 5.75 Å². The summed E-state index contributed by atoms with van der Waals surface area (Å²) in [6.45, 7) is 8.51. The van der Waals surface area contributed by atoms with Gasteiger partial charge in [0.05, 0.1) is 42.5 Å². The third-order valence-corrected chi connectivity index (χ3v) is 8.21. The molecule has 10 heteroatoms. The average Bonchev–Trinajstić information content (AvgIpc) is 3.39. The number of anilines is 2. The van der Waals surface area contributed by atoms with Crippen LogP contribution in [-0.2, 0) is 10.0 Å². The maximum absolute atomic E-state index is 12.1. The fourth-order valence-corrected chi connectivity index (χ4v) is 6.57. The minimum atomic E-state index is -3.54. The predicted molar refractivity (Wildman–Crippen MR) is 164 cm³/mol. The van der Waals surface area contributed by atoms with Crippen LogP contribution in [0, 0.1) is 27.7 Å². The van der Waals surface area contributed by atoms with Gasteiger partial charge in [0.2, 0.25) is 10.0 Å².